The lowest BCUT2D eigenvalue weighted by Crippen LogP contribution is -2.08. The van der Waals surface area contributed by atoms with Crippen LogP contribution in [-0.4, -0.2) is 21.3 Å². The molecule has 13 heavy (non-hydrogen) atoms. The average molecular weight is 182 g/mol. The molecule has 0 aliphatic heterocycles. The molecule has 74 valence electrons. The van der Waals surface area contributed by atoms with E-state index in [1.807, 2.05) is 11.6 Å². The predicted molar refractivity (Wildman–Crippen MR) is 52.2 cm³/mol. The molecule has 0 spiro atoms. The topological polar surface area (TPSA) is 56.7 Å². The van der Waals surface area contributed by atoms with Crippen molar-refractivity contribution in [3.63, 3.8) is 0 Å². The first-order chi connectivity index (χ1) is 6.24. The van der Waals surface area contributed by atoms with Crippen molar-refractivity contribution in [2.75, 3.05) is 6.54 Å². The van der Waals surface area contributed by atoms with Crippen molar-refractivity contribution in [3.8, 4) is 0 Å². The smallest absolute Gasteiger partial charge is 0.132 e. The molecule has 1 heterocycles. The number of rotatable bonds is 5. The molecule has 1 atom stereocenters. The molecule has 0 bridgehead atoms. The maximum Gasteiger partial charge on any atom is 0.132 e. The van der Waals surface area contributed by atoms with Gasteiger partial charge in [-0.1, -0.05) is 6.92 Å². The second-order valence-corrected chi connectivity index (χ2v) is 3.58. The van der Waals surface area contributed by atoms with Crippen LogP contribution in [-0.2, 0) is 13.5 Å². The third-order valence-corrected chi connectivity index (χ3v) is 2.33. The quantitative estimate of drug-likeness (QED) is 0.730. The van der Waals surface area contributed by atoms with Gasteiger partial charge in [-0.15, -0.1) is 10.2 Å². The van der Waals surface area contributed by atoms with E-state index in [4.69, 9.17) is 5.73 Å². The minimum Gasteiger partial charge on any atom is -0.330 e. The molecule has 4 nitrogen and oxygen atoms in total. The summed E-state index contributed by atoms with van der Waals surface area (Å²) in [5.41, 5.74) is 5.48. The summed E-state index contributed by atoms with van der Waals surface area (Å²) in [7, 11) is 1.98. The molecule has 0 fully saturated rings. The Balaban J connectivity index is 2.30. The summed E-state index contributed by atoms with van der Waals surface area (Å²) in [5.74, 6) is 1.74. The molecular weight excluding hydrogens is 164 g/mol. The first kappa shape index (κ1) is 10.2. The fourth-order valence-electron chi connectivity index (χ4n) is 1.34. The molecule has 0 saturated carbocycles. The number of aryl methyl sites for hydroxylation is 2. The molecule has 1 unspecified atom stereocenters. The minimum absolute atomic E-state index is 0.682. The number of aromatic nitrogens is 3. The maximum absolute atomic E-state index is 5.48. The van der Waals surface area contributed by atoms with Crippen LogP contribution in [0.25, 0.3) is 0 Å². The summed E-state index contributed by atoms with van der Waals surface area (Å²) in [6, 6.07) is 0. The van der Waals surface area contributed by atoms with Gasteiger partial charge >= 0.3 is 0 Å². The molecule has 0 aliphatic rings. The standard InChI is InChI=1S/C9H18N4/c1-8(5-6-10)3-4-9-12-11-7-13(9)2/h7-8H,3-6,10H2,1-2H3. The first-order valence-electron chi connectivity index (χ1n) is 4.77. The third-order valence-electron chi connectivity index (χ3n) is 2.33. The van der Waals surface area contributed by atoms with E-state index < -0.39 is 0 Å². The number of hydrogen-bond donors (Lipinski definition) is 1. The van der Waals surface area contributed by atoms with E-state index in [1.165, 1.54) is 0 Å². The van der Waals surface area contributed by atoms with Gasteiger partial charge in [0.05, 0.1) is 0 Å². The van der Waals surface area contributed by atoms with Crippen LogP contribution in [0.3, 0.4) is 0 Å². The molecule has 0 aromatic carbocycles. The van der Waals surface area contributed by atoms with E-state index in [0.29, 0.717) is 5.92 Å². The van der Waals surface area contributed by atoms with Gasteiger partial charge in [-0.2, -0.15) is 0 Å². The van der Waals surface area contributed by atoms with Crippen LogP contribution in [0.4, 0.5) is 0 Å². The molecule has 1 aromatic rings. The fourth-order valence-corrected chi connectivity index (χ4v) is 1.34. The Morgan fingerprint density at radius 3 is 2.85 bits per heavy atom. The highest BCUT2D eigenvalue weighted by molar-refractivity contribution is 4.84. The van der Waals surface area contributed by atoms with Crippen LogP contribution < -0.4 is 5.73 Å². The van der Waals surface area contributed by atoms with Gasteiger partial charge in [0, 0.05) is 13.5 Å². The van der Waals surface area contributed by atoms with Crippen LogP contribution >= 0.6 is 0 Å². The SMILES string of the molecule is CC(CCN)CCc1nncn1C. The van der Waals surface area contributed by atoms with Crippen LogP contribution in [0.2, 0.25) is 0 Å². The van der Waals surface area contributed by atoms with Crippen LogP contribution in [0.5, 0.6) is 0 Å². The number of hydrogen-bond acceptors (Lipinski definition) is 3. The Labute approximate surface area is 79.2 Å². The zero-order chi connectivity index (χ0) is 9.68. The summed E-state index contributed by atoms with van der Waals surface area (Å²) in [5, 5.41) is 7.86. The predicted octanol–water partition coefficient (Wildman–Crippen LogP) is 0.733. The molecule has 1 aromatic heterocycles. The Kier molecular flexibility index (Phi) is 3.89. The lowest BCUT2D eigenvalue weighted by Gasteiger charge is -2.08. The van der Waals surface area contributed by atoms with Crippen molar-refractivity contribution in [2.24, 2.45) is 18.7 Å². The van der Waals surface area contributed by atoms with Gasteiger partial charge in [-0.05, 0) is 25.3 Å². The van der Waals surface area contributed by atoms with E-state index in [1.54, 1.807) is 6.33 Å². The van der Waals surface area contributed by atoms with Gasteiger partial charge in [0.2, 0.25) is 0 Å². The molecule has 4 heteroatoms. The van der Waals surface area contributed by atoms with Crippen LogP contribution in [0.1, 0.15) is 25.6 Å². The monoisotopic (exact) mass is 182 g/mol. The lowest BCUT2D eigenvalue weighted by atomic mass is 10.0. The van der Waals surface area contributed by atoms with E-state index in [0.717, 1.165) is 31.6 Å². The molecule has 0 aliphatic carbocycles. The van der Waals surface area contributed by atoms with E-state index in [9.17, 15) is 0 Å². The summed E-state index contributed by atoms with van der Waals surface area (Å²) in [6.45, 7) is 3.00. The second kappa shape index (κ2) is 4.97. The van der Waals surface area contributed by atoms with Gasteiger partial charge in [0.25, 0.3) is 0 Å². The number of nitrogens with two attached hydrogens (primary N) is 1. The van der Waals surface area contributed by atoms with E-state index >= 15 is 0 Å². The lowest BCUT2D eigenvalue weighted by molar-refractivity contribution is 0.489. The van der Waals surface area contributed by atoms with Crippen molar-refractivity contribution in [2.45, 2.75) is 26.2 Å². The highest BCUT2D eigenvalue weighted by Gasteiger charge is 2.04. The first-order valence-corrected chi connectivity index (χ1v) is 4.77. The highest BCUT2D eigenvalue weighted by Crippen LogP contribution is 2.09. The van der Waals surface area contributed by atoms with Gasteiger partial charge in [-0.3, -0.25) is 0 Å². The largest absolute Gasteiger partial charge is 0.330 e. The summed E-state index contributed by atoms with van der Waals surface area (Å²) < 4.78 is 1.97. The Bertz CT molecular complexity index is 244. The Morgan fingerprint density at radius 2 is 2.31 bits per heavy atom. The summed E-state index contributed by atoms with van der Waals surface area (Å²) in [4.78, 5) is 0. The van der Waals surface area contributed by atoms with Gasteiger partial charge in [0.15, 0.2) is 0 Å². The van der Waals surface area contributed by atoms with E-state index in [2.05, 4.69) is 17.1 Å². The minimum atomic E-state index is 0.682. The Hall–Kier alpha value is -0.900. The van der Waals surface area contributed by atoms with Crippen molar-refractivity contribution in [1.82, 2.24) is 14.8 Å². The third kappa shape index (κ3) is 3.14. The summed E-state index contributed by atoms with van der Waals surface area (Å²) >= 11 is 0. The Morgan fingerprint density at radius 1 is 1.54 bits per heavy atom. The van der Waals surface area contributed by atoms with Crippen molar-refractivity contribution in [3.05, 3.63) is 12.2 Å². The van der Waals surface area contributed by atoms with Crippen LogP contribution in [0.15, 0.2) is 6.33 Å². The molecular formula is C9H18N4. The molecule has 0 radical (unpaired) electrons. The van der Waals surface area contributed by atoms with Gasteiger partial charge in [0.1, 0.15) is 12.2 Å². The highest BCUT2D eigenvalue weighted by atomic mass is 15.2. The molecule has 2 N–H and O–H groups in total. The second-order valence-electron chi connectivity index (χ2n) is 3.58. The summed E-state index contributed by atoms with van der Waals surface area (Å²) in [6.07, 6.45) is 4.97. The zero-order valence-electron chi connectivity index (χ0n) is 8.40. The van der Waals surface area contributed by atoms with Gasteiger partial charge < -0.3 is 10.3 Å². The van der Waals surface area contributed by atoms with Crippen LogP contribution in [0, 0.1) is 5.92 Å². The normalized spacial score (nSPS) is 13.2. The molecule has 0 amide bonds. The van der Waals surface area contributed by atoms with Crippen molar-refractivity contribution < 1.29 is 0 Å². The average Bonchev–Trinajstić information content (AvgIpc) is 2.48. The number of nitrogens with zero attached hydrogens (tertiary/aromatic N) is 3. The van der Waals surface area contributed by atoms with E-state index in [-0.39, 0.29) is 0 Å². The fraction of sp³-hybridized carbons (Fsp3) is 0.778. The van der Waals surface area contributed by atoms with Crippen molar-refractivity contribution >= 4 is 0 Å². The zero-order valence-corrected chi connectivity index (χ0v) is 8.40. The van der Waals surface area contributed by atoms with Crippen molar-refractivity contribution in [1.29, 1.82) is 0 Å². The molecule has 1 rings (SSSR count). The molecule has 0 saturated heterocycles. The maximum atomic E-state index is 5.48. The van der Waals surface area contributed by atoms with Gasteiger partial charge in [-0.25, -0.2) is 0 Å².